The number of carbonyl (C=O) groups excluding carboxylic acids is 3. The molecule has 0 bridgehead atoms. The zero-order valence-electron chi connectivity index (χ0n) is 15.3. The lowest BCUT2D eigenvalue weighted by molar-refractivity contribution is -0.345. The zero-order chi connectivity index (χ0) is 20.7. The molecular weight excluding hydrogens is 374 g/mol. The molecule has 1 fully saturated rings. The van der Waals surface area contributed by atoms with Crippen LogP contribution in [0.3, 0.4) is 0 Å². The van der Waals surface area contributed by atoms with Gasteiger partial charge in [-0.15, -0.1) is 0 Å². The summed E-state index contributed by atoms with van der Waals surface area (Å²) in [5.74, 6) is -5.49. The van der Waals surface area contributed by atoms with Gasteiger partial charge in [-0.25, -0.2) is 0 Å². The van der Waals surface area contributed by atoms with Gasteiger partial charge < -0.3 is 43.9 Å². The Bertz CT molecular complexity index is 718. The van der Waals surface area contributed by atoms with E-state index in [1.54, 1.807) is 13.0 Å². The van der Waals surface area contributed by atoms with E-state index in [9.17, 15) is 9.90 Å². The van der Waals surface area contributed by atoms with Crippen molar-refractivity contribution in [1.82, 2.24) is 4.90 Å². The quantitative estimate of drug-likeness (QED) is 0.464. The average molecular weight is 394 g/mol. The molecule has 0 N–H and O–H groups in total. The Kier molecular flexibility index (Phi) is 7.18. The van der Waals surface area contributed by atoms with Crippen molar-refractivity contribution in [2.24, 2.45) is 0 Å². The Labute approximate surface area is 161 Å². The highest BCUT2D eigenvalue weighted by molar-refractivity contribution is 6.25. The number of carbonyl (C=O) groups is 3. The van der Waals surface area contributed by atoms with Gasteiger partial charge in [-0.2, -0.15) is 0 Å². The van der Waals surface area contributed by atoms with Crippen molar-refractivity contribution in [3.63, 3.8) is 0 Å². The summed E-state index contributed by atoms with van der Waals surface area (Å²) in [4.78, 5) is 31.0. The lowest BCUT2D eigenvalue weighted by atomic mass is 10.1. The predicted molar refractivity (Wildman–Crippen MR) is 86.7 cm³/mol. The van der Waals surface area contributed by atoms with Crippen LogP contribution in [-0.4, -0.2) is 61.4 Å². The van der Waals surface area contributed by atoms with E-state index < -0.39 is 23.7 Å². The molecule has 28 heavy (non-hydrogen) atoms. The van der Waals surface area contributed by atoms with Crippen LogP contribution >= 0.6 is 0 Å². The topological polar surface area (TPSA) is 151 Å². The van der Waals surface area contributed by atoms with Gasteiger partial charge in [0.2, 0.25) is 0 Å². The largest absolute Gasteiger partial charge is 0.550 e. The van der Waals surface area contributed by atoms with E-state index in [4.69, 9.17) is 34.0 Å². The molecule has 0 aromatic heterocycles. The normalized spacial score (nSPS) is 20.8. The number of hydrogen-bond acceptors (Lipinski definition) is 10. The summed E-state index contributed by atoms with van der Waals surface area (Å²) >= 11 is 0. The standard InChI is InChI=1S/C16H21NO5.C2H2O4/c1-16(11-14(18)19)21-13-4-2-3-12(15(13)22-16)5-6-17-7-9-20-10-8-17;3-1(4)2(5)6/h2-4H,5-11H2,1H3,(H,18,19);(H,3,4)(H,5,6)/p-3. The number of hydrogen-bond donors (Lipinski definition) is 0. The van der Waals surface area contributed by atoms with Crippen molar-refractivity contribution in [3.05, 3.63) is 23.8 Å². The second-order valence-corrected chi connectivity index (χ2v) is 6.41. The van der Waals surface area contributed by atoms with E-state index in [-0.39, 0.29) is 6.42 Å². The Balaban J connectivity index is 0.000000409. The van der Waals surface area contributed by atoms with Crippen LogP contribution in [0.4, 0.5) is 0 Å². The third-order valence-electron chi connectivity index (χ3n) is 4.14. The molecular formula is C18H20NO9-3. The summed E-state index contributed by atoms with van der Waals surface area (Å²) in [6.45, 7) is 5.96. The Morgan fingerprint density at radius 2 is 1.71 bits per heavy atom. The van der Waals surface area contributed by atoms with E-state index in [2.05, 4.69) is 4.90 Å². The summed E-state index contributed by atoms with van der Waals surface area (Å²) in [5.41, 5.74) is 1.03. The molecule has 1 aromatic carbocycles. The van der Waals surface area contributed by atoms with Crippen LogP contribution in [0.1, 0.15) is 18.9 Å². The number of ether oxygens (including phenoxy) is 3. The molecule has 1 aromatic rings. The highest BCUT2D eigenvalue weighted by atomic mass is 16.7. The highest BCUT2D eigenvalue weighted by Crippen LogP contribution is 2.43. The number of para-hydroxylation sites is 1. The molecule has 0 spiro atoms. The fraction of sp³-hybridized carbons (Fsp3) is 0.500. The van der Waals surface area contributed by atoms with Gasteiger partial charge in [-0.05, 0) is 18.1 Å². The van der Waals surface area contributed by atoms with Crippen LogP contribution in [0.15, 0.2) is 18.2 Å². The van der Waals surface area contributed by atoms with Crippen molar-refractivity contribution in [2.45, 2.75) is 25.6 Å². The maximum atomic E-state index is 10.8. The van der Waals surface area contributed by atoms with Crippen molar-refractivity contribution >= 4 is 17.9 Å². The molecule has 1 atom stereocenters. The number of morpholine rings is 1. The number of nitrogens with zero attached hydrogens (tertiary/aromatic N) is 1. The summed E-state index contributed by atoms with van der Waals surface area (Å²) in [7, 11) is 0. The fourth-order valence-electron chi connectivity index (χ4n) is 2.86. The molecule has 0 aliphatic carbocycles. The van der Waals surface area contributed by atoms with E-state index in [1.165, 1.54) is 0 Å². The van der Waals surface area contributed by atoms with Gasteiger partial charge in [0.05, 0.1) is 31.6 Å². The van der Waals surface area contributed by atoms with Gasteiger partial charge in [0, 0.05) is 32.5 Å². The number of carboxylic acid groups (broad SMARTS) is 3. The summed E-state index contributed by atoms with van der Waals surface area (Å²) in [5, 5.41) is 28.7. The molecule has 1 unspecified atom stereocenters. The number of fused-ring (bicyclic) bond motifs is 1. The first-order valence-electron chi connectivity index (χ1n) is 8.62. The first kappa shape index (κ1) is 21.5. The third kappa shape index (κ3) is 6.10. The van der Waals surface area contributed by atoms with Crippen molar-refractivity contribution in [3.8, 4) is 11.5 Å². The first-order valence-corrected chi connectivity index (χ1v) is 8.62. The van der Waals surface area contributed by atoms with Crippen molar-refractivity contribution in [1.29, 1.82) is 0 Å². The van der Waals surface area contributed by atoms with Gasteiger partial charge in [-0.1, -0.05) is 12.1 Å². The highest BCUT2D eigenvalue weighted by Gasteiger charge is 2.38. The second-order valence-electron chi connectivity index (χ2n) is 6.41. The van der Waals surface area contributed by atoms with Crippen LogP contribution in [0, 0.1) is 0 Å². The Hall–Kier alpha value is -2.85. The molecule has 2 heterocycles. The molecule has 10 nitrogen and oxygen atoms in total. The SMILES string of the molecule is CC1(CC(=O)[O-])Oc2cccc(CCN3CCOCC3)c2O1.O=C([O-])C(=O)[O-]. The molecule has 0 amide bonds. The monoisotopic (exact) mass is 394 g/mol. The van der Waals surface area contributed by atoms with Gasteiger partial charge in [0.25, 0.3) is 5.79 Å². The second kappa shape index (κ2) is 9.38. The van der Waals surface area contributed by atoms with Crippen LogP contribution < -0.4 is 24.8 Å². The minimum Gasteiger partial charge on any atom is -0.550 e. The Morgan fingerprint density at radius 3 is 2.29 bits per heavy atom. The molecule has 1 saturated heterocycles. The fourth-order valence-corrected chi connectivity index (χ4v) is 2.86. The predicted octanol–water partition coefficient (Wildman–Crippen LogP) is -3.33. The van der Waals surface area contributed by atoms with E-state index in [1.807, 2.05) is 12.1 Å². The summed E-state index contributed by atoms with van der Waals surface area (Å²) in [6.07, 6.45) is 0.526. The molecule has 10 heteroatoms. The number of benzene rings is 1. The maximum Gasteiger partial charge on any atom is 0.254 e. The lowest BCUT2D eigenvalue weighted by Crippen LogP contribution is -2.42. The maximum absolute atomic E-state index is 10.8. The van der Waals surface area contributed by atoms with Gasteiger partial charge in [0.1, 0.15) is 0 Å². The summed E-state index contributed by atoms with van der Waals surface area (Å²) < 4.78 is 16.8. The van der Waals surface area contributed by atoms with Gasteiger partial charge in [0.15, 0.2) is 11.5 Å². The van der Waals surface area contributed by atoms with Crippen molar-refractivity contribution in [2.75, 3.05) is 32.8 Å². The third-order valence-corrected chi connectivity index (χ3v) is 4.14. The van der Waals surface area contributed by atoms with Gasteiger partial charge in [-0.3, -0.25) is 4.90 Å². The lowest BCUT2D eigenvalue weighted by Gasteiger charge is -2.26. The first-order chi connectivity index (χ1) is 13.2. The minimum atomic E-state index is -2.19. The van der Waals surface area contributed by atoms with Crippen LogP contribution in [-0.2, 0) is 25.5 Å². The van der Waals surface area contributed by atoms with Crippen LogP contribution in [0.5, 0.6) is 11.5 Å². The summed E-state index contributed by atoms with van der Waals surface area (Å²) in [6, 6.07) is 5.70. The molecule has 2 aliphatic heterocycles. The van der Waals surface area contributed by atoms with E-state index in [0.29, 0.717) is 11.5 Å². The number of carboxylic acids is 3. The molecule has 0 radical (unpaired) electrons. The zero-order valence-corrected chi connectivity index (χ0v) is 15.3. The molecule has 154 valence electrons. The van der Waals surface area contributed by atoms with Gasteiger partial charge >= 0.3 is 0 Å². The van der Waals surface area contributed by atoms with Crippen LogP contribution in [0.2, 0.25) is 0 Å². The van der Waals surface area contributed by atoms with Crippen LogP contribution in [0.25, 0.3) is 0 Å². The number of rotatable bonds is 5. The van der Waals surface area contributed by atoms with E-state index >= 15 is 0 Å². The van der Waals surface area contributed by atoms with Crippen molar-refractivity contribution < 1.29 is 43.9 Å². The molecule has 3 rings (SSSR count). The molecule has 0 saturated carbocycles. The smallest absolute Gasteiger partial charge is 0.254 e. The van der Waals surface area contributed by atoms with E-state index in [0.717, 1.165) is 44.8 Å². The minimum absolute atomic E-state index is 0.301. The Morgan fingerprint density at radius 1 is 1.07 bits per heavy atom. The number of aliphatic carboxylic acids is 3. The average Bonchev–Trinajstić information content (AvgIpc) is 2.96. The molecule has 2 aliphatic rings.